The maximum atomic E-state index is 12.3. The van der Waals surface area contributed by atoms with Gasteiger partial charge in [-0.2, -0.15) is 5.10 Å². The fourth-order valence-corrected chi connectivity index (χ4v) is 3.29. The van der Waals surface area contributed by atoms with Gasteiger partial charge in [0.15, 0.2) is 5.03 Å². The summed E-state index contributed by atoms with van der Waals surface area (Å²) in [5, 5.41) is 9.97. The van der Waals surface area contributed by atoms with Gasteiger partial charge in [0.05, 0.1) is 0 Å². The van der Waals surface area contributed by atoms with Crippen LogP contribution in [0.25, 0.3) is 0 Å². The second-order valence-corrected chi connectivity index (χ2v) is 6.63. The Kier molecular flexibility index (Phi) is 6.64. The van der Waals surface area contributed by atoms with Crippen LogP contribution in [0.4, 0.5) is 0 Å². The Hall–Kier alpha value is -0.920. The van der Waals surface area contributed by atoms with Crippen molar-refractivity contribution in [3.8, 4) is 0 Å². The predicted molar refractivity (Wildman–Crippen MR) is 80.0 cm³/mol. The van der Waals surface area contributed by atoms with Crippen molar-refractivity contribution in [1.82, 2.24) is 20.2 Å². The molecule has 0 bridgehead atoms. The zero-order valence-corrected chi connectivity index (χ0v) is 13.6. The molecule has 0 atom stereocenters. The molecule has 0 aliphatic rings. The third kappa shape index (κ3) is 4.29. The van der Waals surface area contributed by atoms with Crippen molar-refractivity contribution in [3.63, 3.8) is 0 Å². The first kappa shape index (κ1) is 17.1. The molecule has 6 nitrogen and oxygen atoms in total. The minimum atomic E-state index is -3.55. The lowest BCUT2D eigenvalue weighted by Crippen LogP contribution is -2.30. The highest BCUT2D eigenvalue weighted by Crippen LogP contribution is 2.16. The van der Waals surface area contributed by atoms with Gasteiger partial charge in [-0.05, 0) is 19.4 Å². The molecule has 0 aliphatic heterocycles. The van der Waals surface area contributed by atoms with E-state index in [4.69, 9.17) is 0 Å². The van der Waals surface area contributed by atoms with Gasteiger partial charge in [0.2, 0.25) is 0 Å². The first-order valence-electron chi connectivity index (χ1n) is 7.20. The van der Waals surface area contributed by atoms with Gasteiger partial charge in [-0.25, -0.2) is 13.1 Å². The molecular weight excluding hydrogens is 276 g/mol. The van der Waals surface area contributed by atoms with Crippen LogP contribution in [0.15, 0.2) is 5.03 Å². The predicted octanol–water partition coefficient (Wildman–Crippen LogP) is 1.54. The molecular formula is C13H26N4O2S. The second kappa shape index (κ2) is 7.75. The molecule has 0 aliphatic carbocycles. The molecule has 0 amide bonds. The second-order valence-electron chi connectivity index (χ2n) is 4.95. The Bertz CT molecular complexity index is 506. The van der Waals surface area contributed by atoms with Crippen LogP contribution in [0, 0.1) is 12.8 Å². The summed E-state index contributed by atoms with van der Waals surface area (Å²) in [5.41, 5.74) is 1.50. The number of hydrogen-bond acceptors (Lipinski definition) is 4. The van der Waals surface area contributed by atoms with Crippen LogP contribution in [0.5, 0.6) is 0 Å². The molecule has 0 aromatic carbocycles. The number of nitrogens with zero attached hydrogens (tertiary/aromatic N) is 1. The SMILES string of the molecule is CCNCc1c(S(=O)(=O)NCC(CC)CC)n[nH]c1C. The number of hydrogen-bond donors (Lipinski definition) is 3. The standard InChI is InChI=1S/C13H26N4O2S/c1-5-11(6-2)8-15-20(18,19)13-12(9-14-7-3)10(4)16-17-13/h11,14-15H,5-9H2,1-4H3,(H,16,17). The summed E-state index contributed by atoms with van der Waals surface area (Å²) in [6.07, 6.45) is 1.92. The van der Waals surface area contributed by atoms with Crippen LogP contribution < -0.4 is 10.0 Å². The van der Waals surface area contributed by atoms with Gasteiger partial charge in [0.25, 0.3) is 10.0 Å². The number of aromatic nitrogens is 2. The van der Waals surface area contributed by atoms with E-state index >= 15 is 0 Å². The Morgan fingerprint density at radius 1 is 1.25 bits per heavy atom. The summed E-state index contributed by atoms with van der Waals surface area (Å²) in [6.45, 7) is 9.69. The Morgan fingerprint density at radius 3 is 2.45 bits per heavy atom. The molecule has 1 aromatic heterocycles. The lowest BCUT2D eigenvalue weighted by molar-refractivity contribution is 0.477. The van der Waals surface area contributed by atoms with Crippen LogP contribution >= 0.6 is 0 Å². The van der Waals surface area contributed by atoms with Crippen molar-refractivity contribution in [2.45, 2.75) is 52.1 Å². The maximum Gasteiger partial charge on any atom is 0.260 e. The molecule has 1 rings (SSSR count). The number of H-pyrrole nitrogens is 1. The molecule has 0 radical (unpaired) electrons. The van der Waals surface area contributed by atoms with E-state index < -0.39 is 10.0 Å². The van der Waals surface area contributed by atoms with Crippen molar-refractivity contribution in [1.29, 1.82) is 0 Å². The van der Waals surface area contributed by atoms with E-state index in [0.29, 0.717) is 24.6 Å². The Labute approximate surface area is 121 Å². The normalized spacial score (nSPS) is 12.2. The largest absolute Gasteiger partial charge is 0.313 e. The number of sulfonamides is 1. The van der Waals surface area contributed by atoms with Gasteiger partial charge < -0.3 is 5.32 Å². The molecule has 7 heteroatoms. The maximum absolute atomic E-state index is 12.3. The van der Waals surface area contributed by atoms with Crippen molar-refractivity contribution >= 4 is 10.0 Å². The van der Waals surface area contributed by atoms with Gasteiger partial charge in [-0.15, -0.1) is 0 Å². The van der Waals surface area contributed by atoms with Crippen LogP contribution in [0.2, 0.25) is 0 Å². The third-order valence-corrected chi connectivity index (χ3v) is 4.95. The van der Waals surface area contributed by atoms with E-state index in [2.05, 4.69) is 34.1 Å². The average Bonchev–Trinajstić information content (AvgIpc) is 2.79. The number of aryl methyl sites for hydroxylation is 1. The van der Waals surface area contributed by atoms with Crippen LogP contribution in [-0.2, 0) is 16.6 Å². The van der Waals surface area contributed by atoms with Crippen molar-refractivity contribution in [2.75, 3.05) is 13.1 Å². The molecule has 116 valence electrons. The van der Waals surface area contributed by atoms with Gasteiger partial charge in [0, 0.05) is 24.3 Å². The van der Waals surface area contributed by atoms with Crippen molar-refractivity contribution in [3.05, 3.63) is 11.3 Å². The number of rotatable bonds is 9. The molecule has 1 aromatic rings. The monoisotopic (exact) mass is 302 g/mol. The molecule has 0 spiro atoms. The topological polar surface area (TPSA) is 86.9 Å². The smallest absolute Gasteiger partial charge is 0.260 e. The Morgan fingerprint density at radius 2 is 1.90 bits per heavy atom. The van der Waals surface area contributed by atoms with Gasteiger partial charge in [-0.3, -0.25) is 5.10 Å². The summed E-state index contributed by atoms with van der Waals surface area (Å²) in [5.74, 6) is 0.363. The molecule has 0 saturated carbocycles. The highest BCUT2D eigenvalue weighted by molar-refractivity contribution is 7.89. The molecule has 0 fully saturated rings. The van der Waals surface area contributed by atoms with Crippen molar-refractivity contribution < 1.29 is 8.42 Å². The highest BCUT2D eigenvalue weighted by Gasteiger charge is 2.23. The van der Waals surface area contributed by atoms with Gasteiger partial charge in [-0.1, -0.05) is 33.6 Å². The molecule has 0 unspecified atom stereocenters. The third-order valence-electron chi connectivity index (χ3n) is 3.56. The summed E-state index contributed by atoms with van der Waals surface area (Å²) >= 11 is 0. The lowest BCUT2D eigenvalue weighted by atomic mass is 10.0. The summed E-state index contributed by atoms with van der Waals surface area (Å²) in [4.78, 5) is 0. The quantitative estimate of drug-likeness (QED) is 0.646. The minimum Gasteiger partial charge on any atom is -0.313 e. The van der Waals surface area contributed by atoms with Crippen molar-refractivity contribution in [2.24, 2.45) is 5.92 Å². The highest BCUT2D eigenvalue weighted by atomic mass is 32.2. The molecule has 1 heterocycles. The summed E-state index contributed by atoms with van der Waals surface area (Å²) in [6, 6.07) is 0. The van der Waals surface area contributed by atoms with Gasteiger partial charge in [0.1, 0.15) is 0 Å². The molecule has 0 saturated heterocycles. The first-order valence-corrected chi connectivity index (χ1v) is 8.68. The van der Waals surface area contributed by atoms with E-state index in [9.17, 15) is 8.42 Å². The van der Waals surface area contributed by atoms with E-state index in [1.54, 1.807) is 0 Å². The van der Waals surface area contributed by atoms with E-state index in [1.165, 1.54) is 0 Å². The van der Waals surface area contributed by atoms with Gasteiger partial charge >= 0.3 is 0 Å². The lowest BCUT2D eigenvalue weighted by Gasteiger charge is -2.13. The van der Waals surface area contributed by atoms with E-state index in [1.807, 2.05) is 13.8 Å². The summed E-state index contributed by atoms with van der Waals surface area (Å²) in [7, 11) is -3.55. The number of nitrogens with one attached hydrogen (secondary N) is 3. The van der Waals surface area contributed by atoms with Crippen LogP contribution in [0.1, 0.15) is 44.9 Å². The average molecular weight is 302 g/mol. The fraction of sp³-hybridized carbons (Fsp3) is 0.769. The Balaban J connectivity index is 2.87. The molecule has 20 heavy (non-hydrogen) atoms. The zero-order valence-electron chi connectivity index (χ0n) is 12.8. The zero-order chi connectivity index (χ0) is 15.2. The van der Waals surface area contributed by atoms with Crippen LogP contribution in [0.3, 0.4) is 0 Å². The first-order chi connectivity index (χ1) is 9.46. The fourth-order valence-electron chi connectivity index (χ4n) is 1.98. The van der Waals surface area contributed by atoms with E-state index in [0.717, 1.165) is 25.1 Å². The minimum absolute atomic E-state index is 0.113. The number of aromatic amines is 1. The van der Waals surface area contributed by atoms with E-state index in [-0.39, 0.29) is 5.03 Å². The summed E-state index contributed by atoms with van der Waals surface area (Å²) < 4.78 is 27.4. The molecule has 3 N–H and O–H groups in total. The van der Waals surface area contributed by atoms with Crippen LogP contribution in [-0.4, -0.2) is 31.7 Å².